The summed E-state index contributed by atoms with van der Waals surface area (Å²) in [6.07, 6.45) is 3.34. The average molecular weight is 360 g/mol. The summed E-state index contributed by atoms with van der Waals surface area (Å²) in [5, 5.41) is 3.06. The normalized spacial score (nSPS) is 24.2. The molecule has 2 heterocycles. The monoisotopic (exact) mass is 360 g/mol. The Morgan fingerprint density at radius 1 is 1.42 bits per heavy atom. The number of benzene rings is 1. The molecule has 2 atom stereocenters. The minimum atomic E-state index is -0.458. The lowest BCUT2D eigenvalue weighted by Gasteiger charge is -2.39. The predicted molar refractivity (Wildman–Crippen MR) is 96.1 cm³/mol. The number of carbonyl (C=O) groups is 2. The van der Waals surface area contributed by atoms with Crippen LogP contribution in [-0.4, -0.2) is 35.4 Å². The van der Waals surface area contributed by atoms with Gasteiger partial charge in [0.1, 0.15) is 17.2 Å². The van der Waals surface area contributed by atoms with Gasteiger partial charge in [-0.05, 0) is 51.0 Å². The van der Waals surface area contributed by atoms with Crippen molar-refractivity contribution in [3.05, 3.63) is 42.2 Å². The number of hydrogen-bond acceptors (Lipinski definition) is 3. The van der Waals surface area contributed by atoms with E-state index in [4.69, 9.17) is 4.74 Å². The lowest BCUT2D eigenvalue weighted by atomic mass is 9.88. The van der Waals surface area contributed by atoms with Crippen molar-refractivity contribution in [2.24, 2.45) is 5.92 Å². The van der Waals surface area contributed by atoms with Gasteiger partial charge in [-0.2, -0.15) is 0 Å². The number of halogens is 1. The molecule has 0 bridgehead atoms. The SMILES string of the molecule is C=CC(=O)N1CCCC(C(=O)N[C@@H]2CC(C)(C)Oc3ccc(F)cc32)C1. The number of piperidine rings is 1. The molecular formula is C20H25FN2O3. The summed E-state index contributed by atoms with van der Waals surface area (Å²) < 4.78 is 19.6. The number of rotatable bonds is 3. The van der Waals surface area contributed by atoms with Crippen molar-refractivity contribution in [1.82, 2.24) is 10.2 Å². The molecule has 1 aromatic rings. The van der Waals surface area contributed by atoms with E-state index >= 15 is 0 Å². The highest BCUT2D eigenvalue weighted by Crippen LogP contribution is 2.40. The summed E-state index contributed by atoms with van der Waals surface area (Å²) >= 11 is 0. The fourth-order valence-electron chi connectivity index (χ4n) is 3.76. The Labute approximate surface area is 153 Å². The van der Waals surface area contributed by atoms with E-state index in [9.17, 15) is 14.0 Å². The standard InChI is InChI=1S/C20H25FN2O3/c1-4-18(24)23-9-5-6-13(12-23)19(25)22-16-11-20(2,3)26-17-8-7-14(21)10-15(16)17/h4,7-8,10,13,16H,1,5-6,9,11-12H2,2-3H3,(H,22,25)/t13?,16-/m1/s1. The highest BCUT2D eigenvalue weighted by atomic mass is 19.1. The third kappa shape index (κ3) is 3.89. The Morgan fingerprint density at radius 2 is 2.19 bits per heavy atom. The lowest BCUT2D eigenvalue weighted by Crippen LogP contribution is -2.47. The molecule has 0 spiro atoms. The maximum Gasteiger partial charge on any atom is 0.245 e. The second-order valence-corrected chi connectivity index (χ2v) is 7.64. The minimum Gasteiger partial charge on any atom is -0.487 e. The van der Waals surface area contributed by atoms with Gasteiger partial charge in [0, 0.05) is 25.1 Å². The number of likely N-dealkylation sites (tertiary alicyclic amines) is 1. The lowest BCUT2D eigenvalue weighted by molar-refractivity contribution is -0.132. The molecule has 140 valence electrons. The molecule has 26 heavy (non-hydrogen) atoms. The average Bonchev–Trinajstić information content (AvgIpc) is 2.61. The van der Waals surface area contributed by atoms with Crippen molar-refractivity contribution in [2.75, 3.05) is 13.1 Å². The molecule has 0 radical (unpaired) electrons. The number of fused-ring (bicyclic) bond motifs is 1. The first-order valence-corrected chi connectivity index (χ1v) is 8.99. The first-order chi connectivity index (χ1) is 12.3. The Morgan fingerprint density at radius 3 is 2.92 bits per heavy atom. The summed E-state index contributed by atoms with van der Waals surface area (Å²) in [5.74, 6) is -0.283. The van der Waals surface area contributed by atoms with Crippen LogP contribution in [0.1, 0.15) is 44.7 Å². The van der Waals surface area contributed by atoms with Crippen LogP contribution in [0.25, 0.3) is 0 Å². The van der Waals surface area contributed by atoms with Gasteiger partial charge in [-0.15, -0.1) is 0 Å². The van der Waals surface area contributed by atoms with E-state index in [-0.39, 0.29) is 29.6 Å². The third-order valence-electron chi connectivity index (χ3n) is 5.02. The van der Waals surface area contributed by atoms with Crippen LogP contribution in [0.3, 0.4) is 0 Å². The molecule has 0 aliphatic carbocycles. The van der Waals surface area contributed by atoms with Gasteiger partial charge in [0.2, 0.25) is 11.8 Å². The zero-order valence-electron chi connectivity index (χ0n) is 15.3. The third-order valence-corrected chi connectivity index (χ3v) is 5.02. The van der Waals surface area contributed by atoms with Crippen LogP contribution in [0.4, 0.5) is 4.39 Å². The number of ether oxygens (including phenoxy) is 1. The maximum absolute atomic E-state index is 13.7. The number of nitrogens with one attached hydrogen (secondary N) is 1. The van der Waals surface area contributed by atoms with Gasteiger partial charge in [-0.25, -0.2) is 4.39 Å². The van der Waals surface area contributed by atoms with E-state index in [1.807, 2.05) is 13.8 Å². The Kier molecular flexibility index (Phi) is 5.03. The zero-order chi connectivity index (χ0) is 18.9. The molecule has 1 fully saturated rings. The van der Waals surface area contributed by atoms with Crippen molar-refractivity contribution in [3.8, 4) is 5.75 Å². The molecule has 3 rings (SSSR count). The highest BCUT2D eigenvalue weighted by molar-refractivity contribution is 5.88. The van der Waals surface area contributed by atoms with Crippen LogP contribution >= 0.6 is 0 Å². The van der Waals surface area contributed by atoms with Gasteiger partial charge in [0.15, 0.2) is 0 Å². The van der Waals surface area contributed by atoms with Gasteiger partial charge in [-0.1, -0.05) is 6.58 Å². The van der Waals surface area contributed by atoms with Gasteiger partial charge < -0.3 is 15.0 Å². The second-order valence-electron chi connectivity index (χ2n) is 7.64. The Hall–Kier alpha value is -2.37. The number of nitrogens with zero attached hydrogens (tertiary/aromatic N) is 1. The summed E-state index contributed by atoms with van der Waals surface area (Å²) in [6.45, 7) is 8.44. The summed E-state index contributed by atoms with van der Waals surface area (Å²) in [4.78, 5) is 26.3. The van der Waals surface area contributed by atoms with Crippen molar-refractivity contribution in [1.29, 1.82) is 0 Å². The summed E-state index contributed by atoms with van der Waals surface area (Å²) in [6, 6.07) is 4.07. The molecule has 5 nitrogen and oxygen atoms in total. The summed E-state index contributed by atoms with van der Waals surface area (Å²) in [7, 11) is 0. The molecular weight excluding hydrogens is 335 g/mol. The first kappa shape index (κ1) is 18.4. The van der Waals surface area contributed by atoms with Crippen LogP contribution in [0.5, 0.6) is 5.75 Å². The highest BCUT2D eigenvalue weighted by Gasteiger charge is 2.36. The van der Waals surface area contributed by atoms with Crippen LogP contribution in [-0.2, 0) is 9.59 Å². The fraction of sp³-hybridized carbons (Fsp3) is 0.500. The largest absolute Gasteiger partial charge is 0.487 e. The van der Waals surface area contributed by atoms with Crippen LogP contribution in [0.2, 0.25) is 0 Å². The molecule has 2 aliphatic rings. The quantitative estimate of drug-likeness (QED) is 0.843. The molecule has 1 aromatic carbocycles. The van der Waals surface area contributed by atoms with Crippen molar-refractivity contribution >= 4 is 11.8 Å². The van der Waals surface area contributed by atoms with Crippen molar-refractivity contribution < 1.29 is 18.7 Å². The van der Waals surface area contributed by atoms with E-state index in [1.54, 1.807) is 11.0 Å². The summed E-state index contributed by atoms with van der Waals surface area (Å²) in [5.41, 5.74) is 0.202. The molecule has 0 saturated carbocycles. The van der Waals surface area contributed by atoms with E-state index in [2.05, 4.69) is 11.9 Å². The second kappa shape index (κ2) is 7.09. The molecule has 2 amide bonds. The molecule has 0 aromatic heterocycles. The van der Waals surface area contributed by atoms with Gasteiger partial charge >= 0.3 is 0 Å². The fourth-order valence-corrected chi connectivity index (χ4v) is 3.76. The molecule has 1 saturated heterocycles. The van der Waals surface area contributed by atoms with Crippen LogP contribution < -0.4 is 10.1 Å². The van der Waals surface area contributed by atoms with Crippen LogP contribution in [0, 0.1) is 11.7 Å². The number of carbonyl (C=O) groups excluding carboxylic acids is 2. The van der Waals surface area contributed by atoms with E-state index < -0.39 is 5.60 Å². The topological polar surface area (TPSA) is 58.6 Å². The minimum absolute atomic E-state index is 0.107. The van der Waals surface area contributed by atoms with Gasteiger partial charge in [0.05, 0.1) is 12.0 Å². The zero-order valence-corrected chi connectivity index (χ0v) is 15.3. The molecule has 1 N–H and O–H groups in total. The van der Waals surface area contributed by atoms with E-state index in [0.29, 0.717) is 30.8 Å². The predicted octanol–water partition coefficient (Wildman–Crippen LogP) is 2.97. The molecule has 1 unspecified atom stereocenters. The smallest absolute Gasteiger partial charge is 0.245 e. The Bertz CT molecular complexity index is 732. The van der Waals surface area contributed by atoms with Crippen LogP contribution in [0.15, 0.2) is 30.9 Å². The van der Waals surface area contributed by atoms with E-state index in [1.165, 1.54) is 18.2 Å². The number of amides is 2. The van der Waals surface area contributed by atoms with E-state index in [0.717, 1.165) is 12.8 Å². The molecule has 6 heteroatoms. The van der Waals surface area contributed by atoms with Gasteiger partial charge in [0.25, 0.3) is 0 Å². The number of hydrogen-bond donors (Lipinski definition) is 1. The van der Waals surface area contributed by atoms with Crippen molar-refractivity contribution in [3.63, 3.8) is 0 Å². The first-order valence-electron chi connectivity index (χ1n) is 8.99. The Balaban J connectivity index is 1.75. The van der Waals surface area contributed by atoms with Gasteiger partial charge in [-0.3, -0.25) is 9.59 Å². The maximum atomic E-state index is 13.7. The van der Waals surface area contributed by atoms with Crippen molar-refractivity contribution in [2.45, 2.75) is 44.8 Å². The molecule has 2 aliphatic heterocycles.